The highest BCUT2D eigenvalue weighted by Crippen LogP contribution is 2.40. The Hall–Kier alpha value is -5.35. The van der Waals surface area contributed by atoms with E-state index in [1.165, 1.54) is 6.07 Å². The minimum Gasteiger partial charge on any atom is -0.497 e. The lowest BCUT2D eigenvalue weighted by atomic mass is 9.33. The number of halogens is 15. The van der Waals surface area contributed by atoms with Crippen LogP contribution in [0.25, 0.3) is 11.0 Å². The van der Waals surface area contributed by atoms with E-state index in [0.29, 0.717) is 0 Å². The molecule has 0 bridgehead atoms. The molecule has 17 heteroatoms. The summed E-state index contributed by atoms with van der Waals surface area (Å²) in [4.78, 5) is 0. The quantitative estimate of drug-likeness (QED) is 0.0539. The number of hydrogen-bond acceptors (Lipinski definition) is 1. The molecule has 0 N–H and O–H groups in total. The molecule has 0 heterocycles. The van der Waals surface area contributed by atoms with Gasteiger partial charge < -0.3 is 4.74 Å². The van der Waals surface area contributed by atoms with Crippen LogP contribution < -0.4 is 15.7 Å². The standard InChI is InChI=1S/C33H12BF15O/c1-50-13-9-7-12(8-10-13)14(11-5-3-2-4-6-11)16(15-19(35)25(41)31(47)26(42)20(15)36)34(17-21(37)27(43)32(48)28(44)22(17)38)18-23(39)29(45)33(49)30(46)24(18)40/h2-10H,1H3/b16-14-. The average Bonchev–Trinajstić information content (AvgIpc) is 3.12. The van der Waals surface area contributed by atoms with E-state index in [4.69, 9.17) is 4.74 Å². The van der Waals surface area contributed by atoms with E-state index in [1.54, 1.807) is 0 Å². The monoisotopic (exact) mass is 720 g/mol. The molecule has 0 unspecified atom stereocenters. The van der Waals surface area contributed by atoms with Gasteiger partial charge in [-0.25, -0.2) is 65.9 Å². The van der Waals surface area contributed by atoms with Gasteiger partial charge in [0.1, 0.15) is 5.75 Å². The van der Waals surface area contributed by atoms with Gasteiger partial charge >= 0.3 is 0 Å². The highest BCUT2D eigenvalue weighted by Gasteiger charge is 2.45. The number of ether oxygens (including phenoxy) is 1. The largest absolute Gasteiger partial charge is 0.497 e. The van der Waals surface area contributed by atoms with E-state index in [9.17, 15) is 39.5 Å². The van der Waals surface area contributed by atoms with Crippen LogP contribution in [0.2, 0.25) is 0 Å². The van der Waals surface area contributed by atoms with E-state index in [0.717, 1.165) is 55.6 Å². The Kier molecular flexibility index (Phi) is 9.72. The first kappa shape index (κ1) is 35.9. The van der Waals surface area contributed by atoms with E-state index in [1.807, 2.05) is 0 Å². The fraction of sp³-hybridized carbons (Fsp3) is 0.0303. The molecule has 5 aromatic carbocycles. The van der Waals surface area contributed by atoms with Crippen LogP contribution in [0.5, 0.6) is 5.75 Å². The van der Waals surface area contributed by atoms with Gasteiger partial charge in [0.05, 0.1) is 7.11 Å². The Bertz CT molecular complexity index is 2050. The first-order valence-electron chi connectivity index (χ1n) is 13.5. The van der Waals surface area contributed by atoms with Crippen LogP contribution in [0.1, 0.15) is 16.7 Å². The molecule has 0 amide bonds. The molecule has 258 valence electrons. The fourth-order valence-corrected chi connectivity index (χ4v) is 5.28. The Morgan fingerprint density at radius 3 is 1.08 bits per heavy atom. The van der Waals surface area contributed by atoms with Crippen molar-refractivity contribution in [2.45, 2.75) is 0 Å². The zero-order valence-electron chi connectivity index (χ0n) is 24.4. The molecule has 5 aromatic rings. The third kappa shape index (κ3) is 5.63. The van der Waals surface area contributed by atoms with Crippen LogP contribution in [0.4, 0.5) is 65.9 Å². The third-order valence-electron chi connectivity index (χ3n) is 7.54. The molecular formula is C33H12BF15O. The van der Waals surface area contributed by atoms with Gasteiger partial charge in [0.25, 0.3) is 6.71 Å². The molecule has 0 spiro atoms. The van der Waals surface area contributed by atoms with Crippen molar-refractivity contribution in [3.05, 3.63) is 159 Å². The molecule has 0 aliphatic heterocycles. The third-order valence-corrected chi connectivity index (χ3v) is 7.54. The summed E-state index contributed by atoms with van der Waals surface area (Å²) in [6.07, 6.45) is 0. The maximum absolute atomic E-state index is 15.8. The van der Waals surface area contributed by atoms with Crippen LogP contribution in [0, 0.1) is 87.3 Å². The lowest BCUT2D eigenvalue weighted by Crippen LogP contribution is -2.52. The maximum Gasteiger partial charge on any atom is 0.259 e. The van der Waals surface area contributed by atoms with Crippen molar-refractivity contribution in [1.82, 2.24) is 0 Å². The van der Waals surface area contributed by atoms with Crippen molar-refractivity contribution in [2.24, 2.45) is 0 Å². The van der Waals surface area contributed by atoms with Gasteiger partial charge in [-0.3, -0.25) is 0 Å². The summed E-state index contributed by atoms with van der Waals surface area (Å²) in [5, 5.41) is 0. The second kappa shape index (κ2) is 13.5. The van der Waals surface area contributed by atoms with Crippen molar-refractivity contribution in [3.8, 4) is 5.75 Å². The van der Waals surface area contributed by atoms with Crippen molar-refractivity contribution >= 4 is 28.7 Å². The zero-order chi connectivity index (χ0) is 36.9. The smallest absolute Gasteiger partial charge is 0.259 e. The summed E-state index contributed by atoms with van der Waals surface area (Å²) in [5.41, 5.74) is -11.1. The zero-order valence-corrected chi connectivity index (χ0v) is 24.4. The van der Waals surface area contributed by atoms with Crippen LogP contribution in [-0.4, -0.2) is 13.8 Å². The topological polar surface area (TPSA) is 9.23 Å². The van der Waals surface area contributed by atoms with Gasteiger partial charge in [0, 0.05) is 16.5 Å². The summed E-state index contributed by atoms with van der Waals surface area (Å²) in [6, 6.07) is 9.68. The summed E-state index contributed by atoms with van der Waals surface area (Å²) in [6.45, 7) is -3.75. The molecule has 0 aromatic heterocycles. The number of hydrogen-bond donors (Lipinski definition) is 0. The van der Waals surface area contributed by atoms with Crippen LogP contribution in [0.3, 0.4) is 0 Å². The van der Waals surface area contributed by atoms with E-state index < -0.39 is 133 Å². The number of rotatable bonds is 7. The predicted molar refractivity (Wildman–Crippen MR) is 149 cm³/mol. The van der Waals surface area contributed by atoms with E-state index in [-0.39, 0.29) is 5.75 Å². The molecule has 0 atom stereocenters. The molecule has 0 saturated carbocycles. The fourth-order valence-electron chi connectivity index (χ4n) is 5.28. The Balaban J connectivity index is 2.22. The summed E-state index contributed by atoms with van der Waals surface area (Å²) >= 11 is 0. The van der Waals surface area contributed by atoms with E-state index in [2.05, 4.69) is 0 Å². The number of benzene rings is 5. The Morgan fingerprint density at radius 2 is 0.720 bits per heavy atom. The van der Waals surface area contributed by atoms with Crippen LogP contribution in [-0.2, 0) is 0 Å². The highest BCUT2D eigenvalue weighted by atomic mass is 19.2. The Morgan fingerprint density at radius 1 is 0.400 bits per heavy atom. The number of methoxy groups -OCH3 is 1. The van der Waals surface area contributed by atoms with Gasteiger partial charge in [0.15, 0.2) is 81.4 Å². The van der Waals surface area contributed by atoms with Crippen LogP contribution in [0.15, 0.2) is 54.6 Å². The lowest BCUT2D eigenvalue weighted by molar-refractivity contribution is 0.376. The SMILES string of the molecule is COc1ccc(/C(=C(\B(c2c(F)c(F)c(F)c(F)c2F)c2c(F)c(F)c(F)c(F)c2F)c2c(F)c(F)c(F)c(F)c2F)c2ccccc2)cc1. The average molecular weight is 720 g/mol. The molecular weight excluding hydrogens is 708 g/mol. The molecule has 5 rings (SSSR count). The molecule has 0 saturated heterocycles. The first-order valence-corrected chi connectivity index (χ1v) is 13.5. The van der Waals surface area contributed by atoms with Crippen molar-refractivity contribution < 1.29 is 70.6 Å². The van der Waals surface area contributed by atoms with E-state index >= 15 is 26.3 Å². The summed E-state index contributed by atoms with van der Waals surface area (Å²) < 4.78 is 231. The maximum atomic E-state index is 15.8. The van der Waals surface area contributed by atoms with Gasteiger partial charge in [-0.05, 0) is 34.3 Å². The lowest BCUT2D eigenvalue weighted by Gasteiger charge is -2.27. The molecule has 0 aliphatic carbocycles. The molecule has 0 radical (unpaired) electrons. The second-order valence-corrected chi connectivity index (χ2v) is 10.2. The molecule has 0 fully saturated rings. The van der Waals surface area contributed by atoms with Crippen LogP contribution >= 0.6 is 0 Å². The first-order chi connectivity index (χ1) is 23.6. The predicted octanol–water partition coefficient (Wildman–Crippen LogP) is 8.59. The minimum atomic E-state index is -3.75. The Labute approximate surface area is 270 Å². The highest BCUT2D eigenvalue weighted by molar-refractivity contribution is 7.01. The van der Waals surface area contributed by atoms with Crippen molar-refractivity contribution in [2.75, 3.05) is 7.11 Å². The summed E-state index contributed by atoms with van der Waals surface area (Å²) in [7, 11) is 1.16. The molecule has 1 nitrogen and oxygen atoms in total. The summed E-state index contributed by atoms with van der Waals surface area (Å²) in [5.74, 6) is -43.6. The second-order valence-electron chi connectivity index (χ2n) is 10.2. The van der Waals surface area contributed by atoms with Gasteiger partial charge in [-0.15, -0.1) is 0 Å². The van der Waals surface area contributed by atoms with Crippen molar-refractivity contribution in [1.29, 1.82) is 0 Å². The van der Waals surface area contributed by atoms with Gasteiger partial charge in [-0.1, -0.05) is 42.5 Å². The van der Waals surface area contributed by atoms with Gasteiger partial charge in [-0.2, -0.15) is 0 Å². The molecule has 50 heavy (non-hydrogen) atoms. The molecule has 0 aliphatic rings. The normalized spacial score (nSPS) is 11.9. The van der Waals surface area contributed by atoms with Crippen molar-refractivity contribution in [3.63, 3.8) is 0 Å². The minimum absolute atomic E-state index is 0.0232. The van der Waals surface area contributed by atoms with Gasteiger partial charge in [0.2, 0.25) is 5.82 Å².